The molecule has 1 heterocycles. The van der Waals surface area contributed by atoms with Gasteiger partial charge >= 0.3 is 6.01 Å². The normalized spacial score (nSPS) is 14.6. The highest BCUT2D eigenvalue weighted by Gasteiger charge is 2.29. The molecule has 32 heavy (non-hydrogen) atoms. The lowest BCUT2D eigenvalue weighted by atomic mass is 9.94. The first-order valence-electron chi connectivity index (χ1n) is 10.0. The zero-order chi connectivity index (χ0) is 23.9. The number of aliphatic hydroxyl groups excluding tert-OH is 2. The van der Waals surface area contributed by atoms with Crippen molar-refractivity contribution in [3.8, 4) is 0 Å². The number of sulfonamides is 1. The van der Waals surface area contributed by atoms with Gasteiger partial charge in [-0.25, -0.2) is 21.9 Å². The van der Waals surface area contributed by atoms with Crippen LogP contribution in [-0.2, 0) is 16.4 Å². The van der Waals surface area contributed by atoms with Gasteiger partial charge < -0.3 is 19.9 Å². The van der Waals surface area contributed by atoms with E-state index in [0.29, 0.717) is 12.5 Å². The molecular weight excluding hydrogens is 448 g/mol. The van der Waals surface area contributed by atoms with Crippen LogP contribution in [0.15, 0.2) is 28.9 Å². The number of carbonyl (C=O) groups excluding carboxylic acids is 1. The van der Waals surface area contributed by atoms with Gasteiger partial charge in [-0.3, -0.25) is 4.79 Å². The van der Waals surface area contributed by atoms with Gasteiger partial charge in [-0.15, -0.1) is 0 Å². The molecule has 12 heteroatoms. The summed E-state index contributed by atoms with van der Waals surface area (Å²) in [7, 11) is -3.68. The molecule has 0 aliphatic heterocycles. The highest BCUT2D eigenvalue weighted by Crippen LogP contribution is 2.17. The van der Waals surface area contributed by atoms with Crippen molar-refractivity contribution in [2.24, 2.45) is 0 Å². The quantitative estimate of drug-likeness (QED) is 0.344. The monoisotopic (exact) mass is 475 g/mol. The molecular formula is C20H27F2N3O6S. The second-order valence-corrected chi connectivity index (χ2v) is 9.28. The van der Waals surface area contributed by atoms with Crippen molar-refractivity contribution in [3.63, 3.8) is 0 Å². The molecule has 1 amide bonds. The van der Waals surface area contributed by atoms with E-state index in [1.54, 1.807) is 0 Å². The molecule has 0 fully saturated rings. The lowest BCUT2D eigenvalue weighted by molar-refractivity contribution is -0.00836. The summed E-state index contributed by atoms with van der Waals surface area (Å²) < 4.78 is 56.6. The molecule has 1 aromatic heterocycles. The van der Waals surface area contributed by atoms with Crippen LogP contribution in [0.2, 0.25) is 0 Å². The van der Waals surface area contributed by atoms with Gasteiger partial charge in [0.1, 0.15) is 24.0 Å². The molecule has 0 aliphatic rings. The Labute approximate surface area is 184 Å². The predicted octanol–water partition coefficient (Wildman–Crippen LogP) is 1.97. The van der Waals surface area contributed by atoms with E-state index in [1.165, 1.54) is 0 Å². The molecule has 4 N–H and O–H groups in total. The third-order valence-corrected chi connectivity index (χ3v) is 5.16. The Hall–Kier alpha value is -2.57. The van der Waals surface area contributed by atoms with E-state index in [-0.39, 0.29) is 24.1 Å². The van der Waals surface area contributed by atoms with Crippen molar-refractivity contribution in [2.45, 2.75) is 57.3 Å². The Morgan fingerprint density at radius 3 is 2.44 bits per heavy atom. The second kappa shape index (κ2) is 11.3. The minimum Gasteiger partial charge on any atom is -0.431 e. The number of nitrogens with one attached hydrogen (secondary N) is 2. The fourth-order valence-electron chi connectivity index (χ4n) is 3.11. The van der Waals surface area contributed by atoms with E-state index in [0.717, 1.165) is 37.5 Å². The van der Waals surface area contributed by atoms with Gasteiger partial charge in [-0.1, -0.05) is 26.2 Å². The average molecular weight is 476 g/mol. The molecule has 3 atom stereocenters. The molecule has 2 aromatic rings. The molecule has 9 nitrogen and oxygen atoms in total. The molecule has 1 aromatic carbocycles. The number of nitrogens with zero attached hydrogens (tertiary/aromatic N) is 1. The molecule has 0 aliphatic carbocycles. The number of unbranched alkanes of at least 4 members (excludes halogenated alkanes) is 2. The van der Waals surface area contributed by atoms with Gasteiger partial charge in [-0.2, -0.15) is 4.98 Å². The van der Waals surface area contributed by atoms with E-state index < -0.39 is 51.8 Å². The van der Waals surface area contributed by atoms with Crippen molar-refractivity contribution in [1.82, 2.24) is 10.3 Å². The van der Waals surface area contributed by atoms with Crippen molar-refractivity contribution < 1.29 is 36.6 Å². The minimum atomic E-state index is -3.68. The molecule has 2 rings (SSSR count). The van der Waals surface area contributed by atoms with Crippen molar-refractivity contribution in [3.05, 3.63) is 47.4 Å². The third kappa shape index (κ3) is 8.17. The highest BCUT2D eigenvalue weighted by molar-refractivity contribution is 7.91. The molecule has 0 saturated carbocycles. The summed E-state index contributed by atoms with van der Waals surface area (Å²) in [5.74, 6) is -2.48. The summed E-state index contributed by atoms with van der Waals surface area (Å²) in [6.07, 6.45) is 1.63. The van der Waals surface area contributed by atoms with Crippen LogP contribution in [0.4, 0.5) is 14.8 Å². The van der Waals surface area contributed by atoms with Gasteiger partial charge in [0, 0.05) is 6.07 Å². The van der Waals surface area contributed by atoms with Gasteiger partial charge in [0.2, 0.25) is 10.0 Å². The first kappa shape index (κ1) is 25.7. The fourth-order valence-corrected chi connectivity index (χ4v) is 3.52. The number of rotatable bonds is 12. The number of hydrogen-bond acceptors (Lipinski definition) is 7. The lowest BCUT2D eigenvalue weighted by Gasteiger charge is -2.28. The van der Waals surface area contributed by atoms with Crippen molar-refractivity contribution in [1.29, 1.82) is 0 Å². The Bertz CT molecular complexity index is 994. The third-order valence-electron chi connectivity index (χ3n) is 4.61. The van der Waals surface area contributed by atoms with Gasteiger partial charge in [0.25, 0.3) is 5.91 Å². The van der Waals surface area contributed by atoms with Gasteiger partial charge in [0.15, 0.2) is 5.69 Å². The van der Waals surface area contributed by atoms with Gasteiger partial charge in [-0.05, 0) is 30.5 Å². The summed E-state index contributed by atoms with van der Waals surface area (Å²) in [6, 6.07) is 1.26. The smallest absolute Gasteiger partial charge is 0.309 e. The molecule has 0 spiro atoms. The standard InChI is InChI=1S/C20H27F2N3O6S/c1-3-4-5-6-17(26)18(27)15(9-12-7-13(21)10-14(22)8-12)23-19(28)16-11-31-20(24-16)25-32(2,29)30/h7-8,10-11,15,17-18,26-27H,3-6,9H2,1-2H3,(H,23,28)(H,24,25). The van der Waals surface area contributed by atoms with Crippen LogP contribution in [0.1, 0.15) is 48.7 Å². The molecule has 3 unspecified atom stereocenters. The van der Waals surface area contributed by atoms with Crippen LogP contribution < -0.4 is 10.0 Å². The highest BCUT2D eigenvalue weighted by atomic mass is 32.2. The Morgan fingerprint density at radius 2 is 1.84 bits per heavy atom. The Morgan fingerprint density at radius 1 is 1.19 bits per heavy atom. The average Bonchev–Trinajstić information content (AvgIpc) is 3.13. The number of oxazole rings is 1. The van der Waals surface area contributed by atoms with Crippen molar-refractivity contribution in [2.75, 3.05) is 11.0 Å². The van der Waals surface area contributed by atoms with Crippen LogP contribution in [0.3, 0.4) is 0 Å². The van der Waals surface area contributed by atoms with Crippen LogP contribution in [0, 0.1) is 11.6 Å². The first-order chi connectivity index (χ1) is 15.0. The van der Waals surface area contributed by atoms with Crippen LogP contribution in [0.5, 0.6) is 0 Å². The molecule has 178 valence electrons. The fraction of sp³-hybridized carbons (Fsp3) is 0.500. The maximum atomic E-state index is 13.6. The Balaban J connectivity index is 2.20. The van der Waals surface area contributed by atoms with Crippen molar-refractivity contribution >= 4 is 21.9 Å². The maximum absolute atomic E-state index is 13.6. The van der Waals surface area contributed by atoms with E-state index in [1.807, 2.05) is 11.6 Å². The number of amides is 1. The number of halogens is 2. The first-order valence-corrected chi connectivity index (χ1v) is 11.9. The molecule has 0 radical (unpaired) electrons. The SMILES string of the molecule is CCCCCC(O)C(O)C(Cc1cc(F)cc(F)c1)NC(=O)c1coc(NS(C)(=O)=O)n1. The van der Waals surface area contributed by atoms with Gasteiger partial charge in [0.05, 0.1) is 18.4 Å². The number of aromatic nitrogens is 1. The summed E-state index contributed by atoms with van der Waals surface area (Å²) in [6.45, 7) is 1.98. The van der Waals surface area contributed by atoms with Crippen LogP contribution >= 0.6 is 0 Å². The summed E-state index contributed by atoms with van der Waals surface area (Å²) in [4.78, 5) is 16.3. The zero-order valence-electron chi connectivity index (χ0n) is 17.7. The number of carbonyl (C=O) groups is 1. The second-order valence-electron chi connectivity index (χ2n) is 7.53. The molecule has 0 saturated heterocycles. The molecule has 0 bridgehead atoms. The topological polar surface area (TPSA) is 142 Å². The Kier molecular flexibility index (Phi) is 9.10. The number of anilines is 1. The number of aliphatic hydroxyl groups is 2. The minimum absolute atomic E-state index is 0.159. The van der Waals surface area contributed by atoms with E-state index in [2.05, 4.69) is 10.3 Å². The zero-order valence-corrected chi connectivity index (χ0v) is 18.5. The number of hydrogen-bond donors (Lipinski definition) is 4. The van der Waals surface area contributed by atoms with E-state index >= 15 is 0 Å². The van der Waals surface area contributed by atoms with Crippen LogP contribution in [0.25, 0.3) is 0 Å². The van der Waals surface area contributed by atoms with Crippen LogP contribution in [-0.4, -0.2) is 54.0 Å². The summed E-state index contributed by atoms with van der Waals surface area (Å²) in [5.41, 5.74) is -0.133. The summed E-state index contributed by atoms with van der Waals surface area (Å²) in [5, 5.41) is 23.5. The lowest BCUT2D eigenvalue weighted by Crippen LogP contribution is -2.50. The maximum Gasteiger partial charge on any atom is 0.309 e. The van der Waals surface area contributed by atoms with E-state index in [9.17, 15) is 32.2 Å². The summed E-state index contributed by atoms with van der Waals surface area (Å²) >= 11 is 0. The van der Waals surface area contributed by atoms with E-state index in [4.69, 9.17) is 4.42 Å². The predicted molar refractivity (Wildman–Crippen MR) is 112 cm³/mol. The number of benzene rings is 1. The largest absolute Gasteiger partial charge is 0.431 e.